The molecule has 0 N–H and O–H groups in total. The molecule has 0 spiro atoms. The van der Waals surface area contributed by atoms with Gasteiger partial charge in [0.25, 0.3) is 0 Å². The van der Waals surface area contributed by atoms with Crippen molar-refractivity contribution in [1.82, 2.24) is 14.1 Å². The monoisotopic (exact) mass is 1110 g/mol. The van der Waals surface area contributed by atoms with Crippen molar-refractivity contribution < 1.29 is 0 Å². The molecular weight excluding hydrogens is 1090 g/mol. The molecule has 3 aromatic heterocycles. The summed E-state index contributed by atoms with van der Waals surface area (Å²) < 4.78 is 3.97. The van der Waals surface area contributed by atoms with E-state index in [0.29, 0.717) is 116 Å². The Labute approximate surface area is 501 Å². The molecule has 394 valence electrons. The molecule has 0 unspecified atom stereocenters. The van der Waals surface area contributed by atoms with E-state index < -0.39 is 0 Å². The summed E-state index contributed by atoms with van der Waals surface area (Å²) in [7, 11) is 0. The highest BCUT2D eigenvalue weighted by molar-refractivity contribution is 6.15. The van der Waals surface area contributed by atoms with Gasteiger partial charge in [0.15, 0.2) is 34.1 Å². The number of hydrogen-bond acceptors (Lipinski definition) is 8. The number of benzene rings is 9. The van der Waals surface area contributed by atoms with Gasteiger partial charge in [-0.3, -0.25) is 4.98 Å². The van der Waals surface area contributed by atoms with Gasteiger partial charge in [0, 0.05) is 72.2 Å². The lowest BCUT2D eigenvalue weighted by Crippen LogP contribution is -2.02. The Morgan fingerprint density at radius 3 is 1.14 bits per heavy atom. The minimum atomic E-state index is 0.0857. The Morgan fingerprint density at radius 2 is 0.693 bits per heavy atom. The lowest BCUT2D eigenvalue weighted by Gasteiger charge is -2.19. The molecule has 3 heterocycles. The molecule has 16 heteroatoms. The van der Waals surface area contributed by atoms with E-state index in [1.807, 2.05) is 81.9 Å². The molecule has 0 aliphatic rings. The summed E-state index contributed by atoms with van der Waals surface area (Å²) in [5.74, 6) is 0. The summed E-state index contributed by atoms with van der Waals surface area (Å²) in [6.07, 6.45) is 3.33. The van der Waals surface area contributed by atoms with Crippen molar-refractivity contribution in [3.05, 3.63) is 265 Å². The fourth-order valence-corrected chi connectivity index (χ4v) is 11.6. The third kappa shape index (κ3) is 8.47. The van der Waals surface area contributed by atoms with Gasteiger partial charge >= 0.3 is 0 Å². The summed E-state index contributed by atoms with van der Waals surface area (Å²) in [6.45, 7) is 47.9. The lowest BCUT2D eigenvalue weighted by atomic mass is 9.93. The third-order valence-electron chi connectivity index (χ3n) is 15.3. The second kappa shape index (κ2) is 21.5. The number of nitrogens with zero attached hydrogens (tertiary/aromatic N) is 16. The van der Waals surface area contributed by atoms with Crippen molar-refractivity contribution >= 4 is 77.7 Å². The minimum Gasteiger partial charge on any atom is -0.309 e. The molecule has 0 radical (unpaired) electrons. The molecule has 0 fully saturated rings. The van der Waals surface area contributed by atoms with Gasteiger partial charge in [-0.15, -0.1) is 0 Å². The van der Waals surface area contributed by atoms with Gasteiger partial charge in [0.05, 0.1) is 144 Å². The van der Waals surface area contributed by atoms with Crippen LogP contribution in [0.3, 0.4) is 0 Å². The molecule has 0 saturated carbocycles. The number of hydrogen-bond donors (Lipinski definition) is 0. The lowest BCUT2D eigenvalue weighted by molar-refractivity contribution is 1.13. The SMILES string of the molecule is [C-]#[N+]c1cc(C#N)c(-c2ccc3c(c2)c2cc(-c4c(C#N)cc([N+]#[C-])cc4[N+]#[C-])ccc2n3-c2cc(C#N)ccc2-c2ccncc2-n2c3ccc(-c4c(C#N)cc(C#N)cc4[N+]#[C-])cc3c3cc(-c4c([N+]#[C-])cc(C#N)cc4[N+]#[C-])ccc32)c(C#N)c1. The van der Waals surface area contributed by atoms with Crippen molar-refractivity contribution in [3.8, 4) is 109 Å². The fraction of sp³-hybridized carbons (Fsp3) is 0. The first-order valence-electron chi connectivity index (χ1n) is 26.1. The normalized spacial score (nSPS) is 10.4. The molecule has 9 aromatic carbocycles. The fourth-order valence-electron chi connectivity index (χ4n) is 11.6. The van der Waals surface area contributed by atoms with Crippen molar-refractivity contribution in [2.45, 2.75) is 0 Å². The zero-order valence-corrected chi connectivity index (χ0v) is 45.2. The largest absolute Gasteiger partial charge is 0.309 e. The van der Waals surface area contributed by atoms with Crippen molar-refractivity contribution in [2.75, 3.05) is 0 Å². The predicted molar refractivity (Wildman–Crippen MR) is 331 cm³/mol. The van der Waals surface area contributed by atoms with E-state index in [1.54, 1.807) is 48.8 Å². The van der Waals surface area contributed by atoms with E-state index in [1.165, 1.54) is 48.5 Å². The quantitative estimate of drug-likeness (QED) is 0.140. The highest BCUT2D eigenvalue weighted by Gasteiger charge is 2.26. The van der Waals surface area contributed by atoms with Gasteiger partial charge in [-0.2, -0.15) is 36.8 Å². The van der Waals surface area contributed by atoms with E-state index in [-0.39, 0.29) is 67.5 Å². The van der Waals surface area contributed by atoms with Gasteiger partial charge in [0.1, 0.15) is 0 Å². The zero-order chi connectivity index (χ0) is 61.5. The highest BCUT2D eigenvalue weighted by atomic mass is 15.0. The van der Waals surface area contributed by atoms with Gasteiger partial charge in [-0.25, -0.2) is 29.1 Å². The first-order valence-corrected chi connectivity index (χ1v) is 26.1. The molecular formula is C72H26N16. The van der Waals surface area contributed by atoms with E-state index in [9.17, 15) is 36.8 Å². The van der Waals surface area contributed by atoms with Gasteiger partial charge in [-0.05, 0) is 137 Å². The van der Waals surface area contributed by atoms with E-state index >= 15 is 0 Å². The average molecular weight is 1120 g/mol. The smallest absolute Gasteiger partial charge is 0.197 e. The Bertz CT molecular complexity index is 5380. The Hall–Kier alpha value is -14.9. The summed E-state index contributed by atoms with van der Waals surface area (Å²) in [5, 5.41) is 74.6. The number of pyridine rings is 1. The summed E-state index contributed by atoms with van der Waals surface area (Å²) in [6, 6.07) is 55.5. The van der Waals surface area contributed by atoms with Crippen LogP contribution < -0.4 is 0 Å². The van der Waals surface area contributed by atoms with E-state index in [2.05, 4.69) is 64.4 Å². The van der Waals surface area contributed by atoms with Crippen LogP contribution in [0.1, 0.15) is 38.9 Å². The summed E-state index contributed by atoms with van der Waals surface area (Å²) in [5.41, 5.74) is 9.55. The van der Waals surface area contributed by atoms with Crippen LogP contribution in [-0.2, 0) is 0 Å². The van der Waals surface area contributed by atoms with Crippen LogP contribution in [0.15, 0.2) is 158 Å². The maximum Gasteiger partial charge on any atom is 0.197 e. The van der Waals surface area contributed by atoms with Crippen LogP contribution >= 0.6 is 0 Å². The number of fused-ring (bicyclic) bond motifs is 6. The Morgan fingerprint density at radius 1 is 0.318 bits per heavy atom. The summed E-state index contributed by atoms with van der Waals surface area (Å²) >= 11 is 0. The molecule has 0 atom stereocenters. The molecule has 16 nitrogen and oxygen atoms in total. The molecule has 0 aliphatic carbocycles. The Kier molecular flexibility index (Phi) is 13.1. The van der Waals surface area contributed by atoms with E-state index in [0.717, 1.165) is 0 Å². The second-order valence-corrected chi connectivity index (χ2v) is 19.8. The second-order valence-electron chi connectivity index (χ2n) is 19.8. The molecule has 12 rings (SSSR count). The van der Waals surface area contributed by atoms with Gasteiger partial charge in [0.2, 0.25) is 0 Å². The predicted octanol–water partition coefficient (Wildman–Crippen LogP) is 18.0. The number of nitriles is 7. The number of aromatic nitrogens is 3. The van der Waals surface area contributed by atoms with Crippen LogP contribution in [0.2, 0.25) is 0 Å². The van der Waals surface area contributed by atoms with Gasteiger partial charge in [-0.1, -0.05) is 36.4 Å². The zero-order valence-electron chi connectivity index (χ0n) is 45.2. The molecule has 0 bridgehead atoms. The molecule has 0 amide bonds. The minimum absolute atomic E-state index is 0.0857. The highest BCUT2D eigenvalue weighted by Crippen LogP contribution is 2.48. The standard InChI is InChI=1S/C72H26N16/c1-80-51-24-48(36-77)69(49(25-51)37-78)43-8-13-63-55(27-43)56-29-45(71-50(38-79)26-52(81-2)31-62(71)85-6)9-14-64(56)87(63)67-23-40(32-73)7-12-53(67)54-17-18-86-39-68(54)88-65-15-10-44(70-47(35-76)19-41(33-74)20-59(70)82-3)28-57(65)58-30-46(11-16-66(58)88)72-60(83-4)21-42(34-75)22-61(72)84-5/h7-31,39H. The first kappa shape index (κ1) is 53.7. The molecule has 12 aromatic rings. The van der Waals surface area contributed by atoms with Crippen LogP contribution in [0.25, 0.3) is 140 Å². The Balaban J connectivity index is 1.16. The third-order valence-corrected chi connectivity index (χ3v) is 15.3. The van der Waals surface area contributed by atoms with Crippen molar-refractivity contribution in [1.29, 1.82) is 36.8 Å². The van der Waals surface area contributed by atoms with Crippen LogP contribution in [0, 0.1) is 119 Å². The van der Waals surface area contributed by atoms with Gasteiger partial charge < -0.3 is 9.13 Å². The average Bonchev–Trinajstić information content (AvgIpc) is 1.65. The van der Waals surface area contributed by atoms with Crippen LogP contribution in [-0.4, -0.2) is 14.1 Å². The maximum atomic E-state index is 10.7. The van der Waals surface area contributed by atoms with Crippen molar-refractivity contribution in [2.24, 2.45) is 0 Å². The topological polar surface area (TPSA) is 215 Å². The van der Waals surface area contributed by atoms with E-state index in [4.69, 9.17) is 39.4 Å². The van der Waals surface area contributed by atoms with Crippen molar-refractivity contribution in [3.63, 3.8) is 0 Å². The summed E-state index contributed by atoms with van der Waals surface area (Å²) in [4.78, 5) is 26.6. The van der Waals surface area contributed by atoms with Crippen LogP contribution in [0.5, 0.6) is 0 Å². The first-order chi connectivity index (χ1) is 43.0. The van der Waals surface area contributed by atoms with Crippen LogP contribution in [0.4, 0.5) is 34.1 Å². The molecule has 88 heavy (non-hydrogen) atoms. The molecule has 0 saturated heterocycles. The maximum absolute atomic E-state index is 10.7. The molecule has 0 aliphatic heterocycles. The number of rotatable bonds is 7.